The Morgan fingerprint density at radius 1 is 1.17 bits per heavy atom. The van der Waals surface area contributed by atoms with Crippen molar-refractivity contribution in [3.63, 3.8) is 0 Å². The number of nitrogens with zero attached hydrogens (tertiary/aromatic N) is 4. The molecule has 4 rings (SSSR count). The molecule has 1 N–H and O–H groups in total. The van der Waals surface area contributed by atoms with E-state index in [0.29, 0.717) is 25.2 Å². The van der Waals surface area contributed by atoms with Gasteiger partial charge in [0.05, 0.1) is 23.7 Å². The third-order valence-electron chi connectivity index (χ3n) is 5.23. The molecular weight excluding hydrogens is 446 g/mol. The molecule has 0 spiro atoms. The van der Waals surface area contributed by atoms with Crippen molar-refractivity contribution >= 4 is 33.4 Å². The van der Waals surface area contributed by atoms with Crippen LogP contribution in [0, 0.1) is 5.92 Å². The Kier molecular flexibility index (Phi) is 6.23. The minimum absolute atomic E-state index is 0.0597. The quantitative estimate of drug-likeness (QED) is 0.622. The summed E-state index contributed by atoms with van der Waals surface area (Å²) in [6.07, 6.45) is 4.96. The van der Waals surface area contributed by atoms with Gasteiger partial charge in [0.25, 0.3) is 0 Å². The molecule has 2 heterocycles. The molecule has 1 atom stereocenters. The second-order valence-corrected chi connectivity index (χ2v) is 8.25. The van der Waals surface area contributed by atoms with E-state index in [0.717, 1.165) is 28.6 Å². The van der Waals surface area contributed by atoms with E-state index >= 15 is 0 Å². The van der Waals surface area contributed by atoms with Gasteiger partial charge in [-0.15, -0.1) is 0 Å². The third kappa shape index (κ3) is 4.76. The first-order chi connectivity index (χ1) is 14.6. The fourth-order valence-electron chi connectivity index (χ4n) is 3.68. The maximum Gasteiger partial charge on any atom is 0.229 e. The van der Waals surface area contributed by atoms with Gasteiger partial charge in [-0.25, -0.2) is 9.67 Å². The highest BCUT2D eigenvalue weighted by Gasteiger charge is 2.29. The van der Waals surface area contributed by atoms with Crippen LogP contribution in [0.3, 0.4) is 0 Å². The number of hydrogen-bond acceptors (Lipinski definition) is 4. The number of hydrogen-bond donors (Lipinski definition) is 1. The van der Waals surface area contributed by atoms with Crippen LogP contribution in [-0.4, -0.2) is 44.6 Å². The fourth-order valence-corrected chi connectivity index (χ4v) is 4.04. The number of anilines is 1. The summed E-state index contributed by atoms with van der Waals surface area (Å²) in [6, 6.07) is 15.3. The molecule has 1 aliphatic heterocycles. The smallest absolute Gasteiger partial charge is 0.229 e. The molecule has 8 heteroatoms. The number of rotatable bonds is 5. The summed E-state index contributed by atoms with van der Waals surface area (Å²) in [5.74, 6) is -0.280. The molecule has 0 bridgehead atoms. The molecule has 0 radical (unpaired) electrons. The number of carbonyl (C=O) groups excluding carboxylic acids is 2. The lowest BCUT2D eigenvalue weighted by Crippen LogP contribution is -2.44. The van der Waals surface area contributed by atoms with Crippen LogP contribution in [-0.2, 0) is 16.0 Å². The number of amides is 2. The topological polar surface area (TPSA) is 80.1 Å². The maximum atomic E-state index is 13.0. The molecule has 30 heavy (non-hydrogen) atoms. The predicted octanol–water partition coefficient (Wildman–Crippen LogP) is 3.45. The molecule has 154 valence electrons. The highest BCUT2D eigenvalue weighted by molar-refractivity contribution is 9.10. The average molecular weight is 468 g/mol. The Labute approximate surface area is 183 Å². The lowest BCUT2D eigenvalue weighted by molar-refractivity contribution is -0.133. The molecule has 1 aliphatic rings. The second-order valence-electron chi connectivity index (χ2n) is 7.33. The molecule has 7 nitrogen and oxygen atoms in total. The molecule has 1 saturated heterocycles. The van der Waals surface area contributed by atoms with Gasteiger partial charge in [0, 0.05) is 17.6 Å². The molecular formula is C22H22BrN5O2. The number of halogens is 1. The lowest BCUT2D eigenvalue weighted by atomic mass is 9.96. The van der Waals surface area contributed by atoms with E-state index in [2.05, 4.69) is 31.3 Å². The SMILES string of the molecule is O=C(Nc1cc(Br)ccc1-n1cncn1)C1CCCN(C(=O)Cc2ccccc2)C1. The van der Waals surface area contributed by atoms with Crippen molar-refractivity contribution in [3.05, 3.63) is 71.2 Å². The highest BCUT2D eigenvalue weighted by Crippen LogP contribution is 2.26. The summed E-state index contributed by atoms with van der Waals surface area (Å²) < 4.78 is 2.46. The molecule has 0 saturated carbocycles. The van der Waals surface area contributed by atoms with Crippen molar-refractivity contribution in [2.75, 3.05) is 18.4 Å². The van der Waals surface area contributed by atoms with Gasteiger partial charge in [-0.1, -0.05) is 46.3 Å². The molecule has 2 aromatic carbocycles. The van der Waals surface area contributed by atoms with Crippen LogP contribution in [0.25, 0.3) is 5.69 Å². The number of benzene rings is 2. The van der Waals surface area contributed by atoms with Gasteiger partial charge in [0.15, 0.2) is 0 Å². The molecule has 0 aliphatic carbocycles. The van der Waals surface area contributed by atoms with E-state index in [-0.39, 0.29) is 17.7 Å². The van der Waals surface area contributed by atoms with Gasteiger partial charge >= 0.3 is 0 Å². The molecule has 3 aromatic rings. The minimum Gasteiger partial charge on any atom is -0.342 e. The van der Waals surface area contributed by atoms with Gasteiger partial charge in [-0.05, 0) is 36.6 Å². The Hall–Kier alpha value is -3.00. The van der Waals surface area contributed by atoms with Crippen LogP contribution in [0.1, 0.15) is 18.4 Å². The zero-order chi connectivity index (χ0) is 20.9. The van der Waals surface area contributed by atoms with E-state index in [9.17, 15) is 9.59 Å². The molecule has 1 fully saturated rings. The summed E-state index contributed by atoms with van der Waals surface area (Å²) in [7, 11) is 0. The monoisotopic (exact) mass is 467 g/mol. The highest BCUT2D eigenvalue weighted by atomic mass is 79.9. The van der Waals surface area contributed by atoms with E-state index in [1.807, 2.05) is 48.5 Å². The standard InChI is InChI=1S/C22H22BrN5O2/c23-18-8-9-20(28-15-24-14-25-28)19(12-18)26-22(30)17-7-4-10-27(13-17)21(29)11-16-5-2-1-3-6-16/h1-3,5-6,8-9,12,14-15,17H,4,7,10-11,13H2,(H,26,30). The molecule has 1 unspecified atom stereocenters. The lowest BCUT2D eigenvalue weighted by Gasteiger charge is -2.32. The number of likely N-dealkylation sites (tertiary alicyclic amines) is 1. The van der Waals surface area contributed by atoms with Crippen molar-refractivity contribution in [1.29, 1.82) is 0 Å². The summed E-state index contributed by atoms with van der Waals surface area (Å²) in [5.41, 5.74) is 2.37. The normalized spacial score (nSPS) is 16.3. The van der Waals surface area contributed by atoms with Crippen molar-refractivity contribution in [2.24, 2.45) is 5.92 Å². The minimum atomic E-state index is -0.249. The Morgan fingerprint density at radius 3 is 2.77 bits per heavy atom. The van der Waals surface area contributed by atoms with Crippen LogP contribution < -0.4 is 5.32 Å². The number of aromatic nitrogens is 3. The first kappa shape index (κ1) is 20.3. The van der Waals surface area contributed by atoms with Crippen LogP contribution in [0.4, 0.5) is 5.69 Å². The summed E-state index contributed by atoms with van der Waals surface area (Å²) in [5, 5.41) is 7.18. The van der Waals surface area contributed by atoms with Gasteiger partial charge in [0.1, 0.15) is 12.7 Å². The van der Waals surface area contributed by atoms with E-state index in [4.69, 9.17) is 0 Å². The van der Waals surface area contributed by atoms with Crippen molar-refractivity contribution in [3.8, 4) is 5.69 Å². The van der Waals surface area contributed by atoms with Gasteiger partial charge in [-0.3, -0.25) is 9.59 Å². The summed E-state index contributed by atoms with van der Waals surface area (Å²) >= 11 is 3.46. The van der Waals surface area contributed by atoms with Crippen LogP contribution in [0.15, 0.2) is 65.7 Å². The van der Waals surface area contributed by atoms with Gasteiger partial charge < -0.3 is 10.2 Å². The number of nitrogens with one attached hydrogen (secondary N) is 1. The zero-order valence-electron chi connectivity index (χ0n) is 16.4. The molecule has 1 aromatic heterocycles. The van der Waals surface area contributed by atoms with E-state index in [1.54, 1.807) is 15.9 Å². The largest absolute Gasteiger partial charge is 0.342 e. The summed E-state index contributed by atoms with van der Waals surface area (Å²) in [6.45, 7) is 1.13. The Morgan fingerprint density at radius 2 is 2.00 bits per heavy atom. The summed E-state index contributed by atoms with van der Waals surface area (Å²) in [4.78, 5) is 31.5. The predicted molar refractivity (Wildman–Crippen MR) is 117 cm³/mol. The first-order valence-corrected chi connectivity index (χ1v) is 10.7. The van der Waals surface area contributed by atoms with E-state index < -0.39 is 0 Å². The second kappa shape index (κ2) is 9.21. The van der Waals surface area contributed by atoms with E-state index in [1.165, 1.54) is 6.33 Å². The van der Waals surface area contributed by atoms with Crippen LogP contribution in [0.5, 0.6) is 0 Å². The van der Waals surface area contributed by atoms with Crippen molar-refractivity contribution in [1.82, 2.24) is 19.7 Å². The molecule has 2 amide bonds. The number of piperidine rings is 1. The maximum absolute atomic E-state index is 13.0. The third-order valence-corrected chi connectivity index (χ3v) is 5.72. The average Bonchev–Trinajstić information content (AvgIpc) is 3.29. The Balaban J connectivity index is 1.44. The fraction of sp³-hybridized carbons (Fsp3) is 0.273. The van der Waals surface area contributed by atoms with Crippen LogP contribution in [0.2, 0.25) is 0 Å². The Bertz CT molecular complexity index is 1020. The van der Waals surface area contributed by atoms with Gasteiger partial charge in [-0.2, -0.15) is 5.10 Å². The van der Waals surface area contributed by atoms with Crippen molar-refractivity contribution < 1.29 is 9.59 Å². The van der Waals surface area contributed by atoms with Gasteiger partial charge in [0.2, 0.25) is 11.8 Å². The van der Waals surface area contributed by atoms with Crippen molar-refractivity contribution in [2.45, 2.75) is 19.3 Å². The zero-order valence-corrected chi connectivity index (χ0v) is 18.0. The number of carbonyl (C=O) groups is 2. The first-order valence-electron chi connectivity index (χ1n) is 9.87. The van der Waals surface area contributed by atoms with Crippen LogP contribution >= 0.6 is 15.9 Å².